The van der Waals surface area contributed by atoms with Gasteiger partial charge in [0.2, 0.25) is 5.75 Å². The second kappa shape index (κ2) is 7.54. The van der Waals surface area contributed by atoms with Crippen molar-refractivity contribution in [2.75, 3.05) is 21.3 Å². The number of hydrogen-bond donors (Lipinski definition) is 1. The Morgan fingerprint density at radius 1 is 1.08 bits per heavy atom. The zero-order valence-corrected chi connectivity index (χ0v) is 14.3. The molecule has 1 N–H and O–H groups in total. The SMILES string of the molecule is COc1cc(C=NNC(=O)c2cc(C)oc2C)cc(OC)c1OC. The van der Waals surface area contributed by atoms with E-state index >= 15 is 0 Å². The largest absolute Gasteiger partial charge is 0.493 e. The van der Waals surface area contributed by atoms with E-state index in [9.17, 15) is 4.79 Å². The summed E-state index contributed by atoms with van der Waals surface area (Å²) in [4.78, 5) is 12.1. The van der Waals surface area contributed by atoms with Crippen LogP contribution in [0.4, 0.5) is 0 Å². The monoisotopic (exact) mass is 332 g/mol. The van der Waals surface area contributed by atoms with Gasteiger partial charge in [-0.1, -0.05) is 0 Å². The third kappa shape index (κ3) is 3.68. The van der Waals surface area contributed by atoms with Crippen molar-refractivity contribution in [3.63, 3.8) is 0 Å². The first-order chi connectivity index (χ1) is 11.5. The molecule has 1 heterocycles. The summed E-state index contributed by atoms with van der Waals surface area (Å²) in [5, 5.41) is 3.96. The van der Waals surface area contributed by atoms with Crippen LogP contribution < -0.4 is 19.6 Å². The molecular weight excluding hydrogens is 312 g/mol. The number of furan rings is 1. The fraction of sp³-hybridized carbons (Fsp3) is 0.294. The van der Waals surface area contributed by atoms with Crippen molar-refractivity contribution in [2.24, 2.45) is 5.10 Å². The zero-order chi connectivity index (χ0) is 17.7. The number of rotatable bonds is 6. The molecule has 24 heavy (non-hydrogen) atoms. The predicted octanol–water partition coefficient (Wildman–Crippen LogP) is 2.69. The van der Waals surface area contributed by atoms with E-state index in [1.807, 2.05) is 0 Å². The third-order valence-corrected chi connectivity index (χ3v) is 3.35. The van der Waals surface area contributed by atoms with Gasteiger partial charge in [-0.25, -0.2) is 5.43 Å². The van der Waals surface area contributed by atoms with Crippen molar-refractivity contribution in [2.45, 2.75) is 13.8 Å². The van der Waals surface area contributed by atoms with E-state index in [0.717, 1.165) is 0 Å². The maximum absolute atomic E-state index is 12.1. The summed E-state index contributed by atoms with van der Waals surface area (Å²) in [7, 11) is 4.59. The molecule has 0 atom stereocenters. The summed E-state index contributed by atoms with van der Waals surface area (Å²) in [6, 6.07) is 5.12. The normalized spacial score (nSPS) is 10.7. The van der Waals surface area contributed by atoms with Crippen molar-refractivity contribution in [3.8, 4) is 17.2 Å². The molecule has 2 aromatic rings. The summed E-state index contributed by atoms with van der Waals surface area (Å²) in [5.41, 5.74) is 3.60. The minimum Gasteiger partial charge on any atom is -0.493 e. The lowest BCUT2D eigenvalue weighted by Gasteiger charge is -2.12. The molecule has 0 aliphatic rings. The van der Waals surface area contributed by atoms with Crippen LogP contribution in [0.5, 0.6) is 17.2 Å². The fourth-order valence-electron chi connectivity index (χ4n) is 2.26. The van der Waals surface area contributed by atoms with Crippen LogP contribution in [-0.2, 0) is 0 Å². The molecule has 2 rings (SSSR count). The van der Waals surface area contributed by atoms with Gasteiger partial charge < -0.3 is 18.6 Å². The maximum Gasteiger partial charge on any atom is 0.274 e. The van der Waals surface area contributed by atoms with Gasteiger partial charge in [0.15, 0.2) is 11.5 Å². The summed E-state index contributed by atoms with van der Waals surface area (Å²) < 4.78 is 21.1. The number of nitrogens with one attached hydrogen (secondary N) is 1. The Hall–Kier alpha value is -2.96. The molecule has 0 saturated carbocycles. The average Bonchev–Trinajstić information content (AvgIpc) is 2.92. The number of benzene rings is 1. The molecule has 1 amide bonds. The van der Waals surface area contributed by atoms with Gasteiger partial charge in [-0.15, -0.1) is 0 Å². The molecule has 7 nitrogen and oxygen atoms in total. The molecule has 0 bridgehead atoms. The van der Waals surface area contributed by atoms with Gasteiger partial charge in [0.05, 0.1) is 33.1 Å². The van der Waals surface area contributed by atoms with E-state index in [1.54, 1.807) is 32.0 Å². The summed E-state index contributed by atoms with van der Waals surface area (Å²) >= 11 is 0. The molecular formula is C17H20N2O5. The molecule has 0 spiro atoms. The van der Waals surface area contributed by atoms with Crippen LogP contribution in [0, 0.1) is 13.8 Å². The standard InChI is InChI=1S/C17H20N2O5/c1-10-6-13(11(2)24-10)17(20)19-18-9-12-7-14(21-3)16(23-5)15(8-12)22-4/h6-9H,1-5H3,(H,19,20). The van der Waals surface area contributed by atoms with Crippen LogP contribution >= 0.6 is 0 Å². The topological polar surface area (TPSA) is 82.3 Å². The Bertz CT molecular complexity index is 739. The van der Waals surface area contributed by atoms with E-state index in [1.165, 1.54) is 27.5 Å². The fourth-order valence-corrected chi connectivity index (χ4v) is 2.26. The third-order valence-electron chi connectivity index (χ3n) is 3.35. The number of methoxy groups -OCH3 is 3. The van der Waals surface area contributed by atoms with Crippen LogP contribution in [0.15, 0.2) is 27.7 Å². The highest BCUT2D eigenvalue weighted by Gasteiger charge is 2.14. The average molecular weight is 332 g/mol. The molecule has 0 aliphatic heterocycles. The molecule has 0 unspecified atom stereocenters. The predicted molar refractivity (Wildman–Crippen MR) is 89.3 cm³/mol. The molecule has 7 heteroatoms. The molecule has 128 valence electrons. The van der Waals surface area contributed by atoms with Gasteiger partial charge in [-0.2, -0.15) is 5.10 Å². The van der Waals surface area contributed by atoms with Crippen molar-refractivity contribution < 1.29 is 23.4 Å². The summed E-state index contributed by atoms with van der Waals surface area (Å²) in [6.45, 7) is 3.51. The lowest BCUT2D eigenvalue weighted by Crippen LogP contribution is -2.17. The van der Waals surface area contributed by atoms with Gasteiger partial charge in [0.25, 0.3) is 5.91 Å². The van der Waals surface area contributed by atoms with Crippen molar-refractivity contribution in [3.05, 3.63) is 40.8 Å². The zero-order valence-electron chi connectivity index (χ0n) is 14.3. The Kier molecular flexibility index (Phi) is 5.47. The van der Waals surface area contributed by atoms with Gasteiger partial charge in [-0.3, -0.25) is 4.79 Å². The Morgan fingerprint density at radius 2 is 1.71 bits per heavy atom. The van der Waals surface area contributed by atoms with Gasteiger partial charge in [0, 0.05) is 5.56 Å². The molecule has 0 radical (unpaired) electrons. The van der Waals surface area contributed by atoms with Crippen LogP contribution in [0.3, 0.4) is 0 Å². The van der Waals surface area contributed by atoms with Crippen molar-refractivity contribution in [1.29, 1.82) is 0 Å². The van der Waals surface area contributed by atoms with Gasteiger partial charge in [0.1, 0.15) is 11.5 Å². The van der Waals surface area contributed by atoms with Crippen LogP contribution in [-0.4, -0.2) is 33.5 Å². The van der Waals surface area contributed by atoms with E-state index in [4.69, 9.17) is 18.6 Å². The first-order valence-electron chi connectivity index (χ1n) is 7.20. The first kappa shape index (κ1) is 17.4. The second-order valence-electron chi connectivity index (χ2n) is 4.98. The minimum absolute atomic E-state index is 0.340. The maximum atomic E-state index is 12.1. The summed E-state index contributed by atoms with van der Waals surface area (Å²) in [5.74, 6) is 2.38. The van der Waals surface area contributed by atoms with E-state index < -0.39 is 0 Å². The summed E-state index contributed by atoms with van der Waals surface area (Å²) in [6.07, 6.45) is 1.49. The number of hydrogen-bond acceptors (Lipinski definition) is 6. The van der Waals surface area contributed by atoms with E-state index in [0.29, 0.717) is 39.9 Å². The van der Waals surface area contributed by atoms with Crippen LogP contribution in [0.25, 0.3) is 0 Å². The Labute approximate surface area is 140 Å². The number of aryl methyl sites for hydroxylation is 2. The highest BCUT2D eigenvalue weighted by molar-refractivity contribution is 5.96. The van der Waals surface area contributed by atoms with Gasteiger partial charge in [-0.05, 0) is 32.0 Å². The van der Waals surface area contributed by atoms with E-state index in [2.05, 4.69) is 10.5 Å². The van der Waals surface area contributed by atoms with Crippen LogP contribution in [0.2, 0.25) is 0 Å². The lowest BCUT2D eigenvalue weighted by molar-refractivity contribution is 0.0953. The molecule has 0 saturated heterocycles. The molecule has 0 fully saturated rings. The number of amides is 1. The molecule has 1 aromatic heterocycles. The lowest BCUT2D eigenvalue weighted by atomic mass is 10.2. The number of carbonyl (C=O) groups excluding carboxylic acids is 1. The highest BCUT2D eigenvalue weighted by atomic mass is 16.5. The highest BCUT2D eigenvalue weighted by Crippen LogP contribution is 2.37. The quantitative estimate of drug-likeness (QED) is 0.649. The van der Waals surface area contributed by atoms with Gasteiger partial charge >= 0.3 is 0 Å². The molecule has 0 aliphatic carbocycles. The number of hydrazone groups is 1. The van der Waals surface area contributed by atoms with Crippen molar-refractivity contribution in [1.82, 2.24) is 5.43 Å². The van der Waals surface area contributed by atoms with E-state index in [-0.39, 0.29) is 5.91 Å². The number of nitrogens with zero attached hydrogens (tertiary/aromatic N) is 1. The number of ether oxygens (including phenoxy) is 3. The Balaban J connectivity index is 2.17. The molecule has 1 aromatic carbocycles. The van der Waals surface area contributed by atoms with Crippen LogP contribution in [0.1, 0.15) is 27.4 Å². The number of carbonyl (C=O) groups is 1. The smallest absolute Gasteiger partial charge is 0.274 e. The Morgan fingerprint density at radius 3 is 2.17 bits per heavy atom. The minimum atomic E-state index is -0.340. The second-order valence-corrected chi connectivity index (χ2v) is 4.98. The first-order valence-corrected chi connectivity index (χ1v) is 7.20. The van der Waals surface area contributed by atoms with Crippen molar-refractivity contribution >= 4 is 12.1 Å².